The van der Waals surface area contributed by atoms with E-state index in [1.54, 1.807) is 43.6 Å². The minimum absolute atomic E-state index is 0.00608. The van der Waals surface area contributed by atoms with E-state index in [0.29, 0.717) is 34.2 Å². The number of ether oxygens (including phenoxy) is 3. The Bertz CT molecular complexity index is 2420. The zero-order valence-electron chi connectivity index (χ0n) is 28.3. The van der Waals surface area contributed by atoms with Gasteiger partial charge in [0.25, 0.3) is 15.6 Å². The molecule has 1 aliphatic heterocycles. The van der Waals surface area contributed by atoms with Crippen molar-refractivity contribution in [2.24, 2.45) is 7.05 Å². The molecule has 51 heavy (non-hydrogen) atoms. The van der Waals surface area contributed by atoms with Crippen LogP contribution in [0.4, 0.5) is 0 Å². The number of aromatic nitrogens is 4. The van der Waals surface area contributed by atoms with Gasteiger partial charge in [-0.1, -0.05) is 54.1 Å². The molecule has 0 bridgehead atoms. The molecule has 2 atom stereocenters. The fourth-order valence-corrected chi connectivity index (χ4v) is 8.36. The largest absolute Gasteiger partial charge is 0.358 e. The fourth-order valence-electron chi connectivity index (χ4n) is 6.84. The Morgan fingerprint density at radius 1 is 0.961 bits per heavy atom. The Hall–Kier alpha value is -4.39. The summed E-state index contributed by atoms with van der Waals surface area (Å²) in [5, 5.41) is 1.25. The zero-order chi connectivity index (χ0) is 35.3. The highest BCUT2D eigenvalue weighted by atomic mass is 35.5. The van der Waals surface area contributed by atoms with Crippen molar-refractivity contribution in [3.8, 4) is 11.1 Å². The molecular weight excluding hydrogens is 688 g/mol. The second kappa shape index (κ2) is 13.3. The van der Waals surface area contributed by atoms with Crippen molar-refractivity contribution in [1.82, 2.24) is 18.5 Å². The summed E-state index contributed by atoms with van der Waals surface area (Å²) in [5.41, 5.74) is 2.79. The van der Waals surface area contributed by atoms with Gasteiger partial charge in [-0.25, -0.2) is 22.4 Å². The zero-order valence-corrected chi connectivity index (χ0v) is 29.9. The Kier molecular flexibility index (Phi) is 8.80. The van der Waals surface area contributed by atoms with Gasteiger partial charge in [0.2, 0.25) is 5.28 Å². The summed E-state index contributed by atoms with van der Waals surface area (Å²) in [7, 11) is -2.45. The third-order valence-corrected chi connectivity index (χ3v) is 11.5. The Labute approximate surface area is 300 Å². The van der Waals surface area contributed by atoms with E-state index in [1.807, 2.05) is 55.5 Å². The normalized spacial score (nSPS) is 17.9. The number of benzene rings is 3. The van der Waals surface area contributed by atoms with Gasteiger partial charge in [0.1, 0.15) is 5.52 Å². The molecular formula is C39H37ClN4O6S. The lowest BCUT2D eigenvalue weighted by Crippen LogP contribution is -2.41. The van der Waals surface area contributed by atoms with Crippen LogP contribution >= 0.6 is 11.6 Å². The van der Waals surface area contributed by atoms with Gasteiger partial charge in [-0.15, -0.1) is 0 Å². The summed E-state index contributed by atoms with van der Waals surface area (Å²) < 4.78 is 49.6. The average molecular weight is 725 g/mol. The van der Waals surface area contributed by atoms with Gasteiger partial charge in [-0.2, -0.15) is 0 Å². The van der Waals surface area contributed by atoms with Crippen LogP contribution in [0, 0.1) is 6.92 Å². The molecule has 10 nitrogen and oxygen atoms in total. The van der Waals surface area contributed by atoms with Crippen LogP contribution in [0.25, 0.3) is 32.9 Å². The number of halogens is 1. The molecule has 4 heterocycles. The maximum atomic E-state index is 13.8. The lowest BCUT2D eigenvalue weighted by Gasteiger charge is -2.36. The van der Waals surface area contributed by atoms with Crippen molar-refractivity contribution in [2.45, 2.75) is 61.9 Å². The van der Waals surface area contributed by atoms with Gasteiger partial charge < -0.3 is 18.8 Å². The van der Waals surface area contributed by atoms with Crippen LogP contribution in [0.15, 0.2) is 101 Å². The highest BCUT2D eigenvalue weighted by Gasteiger charge is 2.45. The van der Waals surface area contributed by atoms with Gasteiger partial charge in [0.05, 0.1) is 28.8 Å². The van der Waals surface area contributed by atoms with Crippen LogP contribution in [-0.4, -0.2) is 52.5 Å². The molecule has 0 amide bonds. The number of fused-ring (bicyclic) bond motifs is 2. The Morgan fingerprint density at radius 3 is 2.47 bits per heavy atom. The monoisotopic (exact) mass is 724 g/mol. The highest BCUT2D eigenvalue weighted by molar-refractivity contribution is 7.90. The SMILES string of the molecule is Cc1ccc(S(=O)(=O)n2ccc3c(-c4ccc5nc(Cl)nc([C@@](COC6CCCCO6)(OC6CC6)c6ccccc6)c5c4)cn(C)c(=O)c32)cc1. The van der Waals surface area contributed by atoms with Crippen molar-refractivity contribution in [3.63, 3.8) is 0 Å². The van der Waals surface area contributed by atoms with Crippen molar-refractivity contribution < 1.29 is 22.6 Å². The second-order valence-electron chi connectivity index (χ2n) is 13.3. The molecule has 1 saturated heterocycles. The van der Waals surface area contributed by atoms with E-state index in [2.05, 4.69) is 4.98 Å². The second-order valence-corrected chi connectivity index (χ2v) is 15.5. The standard InChI is InChI=1S/C39H37ClN4O6S/c1-25-11-16-29(17-12-25)51(46,47)44-20-19-30-32(23-43(2)37(45)35(30)44)26-13-18-33-31(22-26)36(42-38(40)41-33)39(50-28-14-15-28,27-8-4-3-5-9-27)24-49-34-10-6-7-21-48-34/h3-5,8-9,11-13,16-20,22-23,28,34H,6-7,10,14-15,21,24H2,1-2H3/t34?,39-/m0/s1. The van der Waals surface area contributed by atoms with Gasteiger partial charge >= 0.3 is 0 Å². The molecule has 0 N–H and O–H groups in total. The quantitative estimate of drug-likeness (QED) is 0.137. The number of aryl methyl sites for hydroxylation is 2. The van der Waals surface area contributed by atoms with E-state index in [0.717, 1.165) is 52.8 Å². The molecule has 262 valence electrons. The minimum Gasteiger partial charge on any atom is -0.358 e. The molecule has 1 aliphatic carbocycles. The van der Waals surface area contributed by atoms with Crippen LogP contribution in [0.3, 0.4) is 0 Å². The van der Waals surface area contributed by atoms with Gasteiger partial charge in [0.15, 0.2) is 11.9 Å². The van der Waals surface area contributed by atoms with E-state index < -0.39 is 21.2 Å². The summed E-state index contributed by atoms with van der Waals surface area (Å²) >= 11 is 6.66. The first-order chi connectivity index (χ1) is 24.6. The topological polar surface area (TPSA) is 115 Å². The predicted molar refractivity (Wildman–Crippen MR) is 195 cm³/mol. The maximum absolute atomic E-state index is 13.8. The van der Waals surface area contributed by atoms with E-state index in [-0.39, 0.29) is 34.7 Å². The predicted octanol–water partition coefficient (Wildman–Crippen LogP) is 7.11. The van der Waals surface area contributed by atoms with Crippen LogP contribution in [0.1, 0.15) is 48.9 Å². The number of hydrogen-bond donors (Lipinski definition) is 0. The molecule has 6 aromatic rings. The lowest BCUT2D eigenvalue weighted by molar-refractivity contribution is -0.197. The summed E-state index contributed by atoms with van der Waals surface area (Å²) in [4.78, 5) is 23.2. The number of hydrogen-bond acceptors (Lipinski definition) is 8. The molecule has 1 saturated carbocycles. The summed E-state index contributed by atoms with van der Waals surface area (Å²) in [6, 6.07) is 23.8. The van der Waals surface area contributed by atoms with Gasteiger partial charge in [-0.3, -0.25) is 4.79 Å². The third-order valence-electron chi connectivity index (χ3n) is 9.67. The molecule has 8 rings (SSSR count). The molecule has 1 unspecified atom stereocenters. The molecule has 2 fully saturated rings. The average Bonchev–Trinajstić information content (AvgIpc) is 3.84. The van der Waals surface area contributed by atoms with Crippen LogP contribution in [0.5, 0.6) is 0 Å². The number of nitrogens with zero attached hydrogens (tertiary/aromatic N) is 4. The number of rotatable bonds is 10. The van der Waals surface area contributed by atoms with Gasteiger partial charge in [0, 0.05) is 42.4 Å². The molecule has 2 aliphatic rings. The van der Waals surface area contributed by atoms with Crippen molar-refractivity contribution in [1.29, 1.82) is 0 Å². The summed E-state index contributed by atoms with van der Waals surface area (Å²) in [6.07, 6.45) is 7.41. The molecule has 3 aromatic carbocycles. The molecule has 12 heteroatoms. The lowest BCUT2D eigenvalue weighted by atomic mass is 9.87. The fraction of sp³-hybridized carbons (Fsp3) is 0.308. The van der Waals surface area contributed by atoms with Gasteiger partial charge in [-0.05, 0) is 92.1 Å². The van der Waals surface area contributed by atoms with Crippen LogP contribution in [-0.2, 0) is 36.9 Å². The first-order valence-electron chi connectivity index (χ1n) is 17.1. The minimum atomic E-state index is -4.07. The van der Waals surface area contributed by atoms with Crippen LogP contribution < -0.4 is 5.56 Å². The molecule has 3 aromatic heterocycles. The Balaban J connectivity index is 1.32. The summed E-state index contributed by atoms with van der Waals surface area (Å²) in [6.45, 7) is 2.66. The van der Waals surface area contributed by atoms with Crippen LogP contribution in [0.2, 0.25) is 5.28 Å². The summed E-state index contributed by atoms with van der Waals surface area (Å²) in [5.74, 6) is 0. The van der Waals surface area contributed by atoms with E-state index in [4.69, 9.17) is 30.8 Å². The first-order valence-corrected chi connectivity index (χ1v) is 18.9. The van der Waals surface area contributed by atoms with Crippen molar-refractivity contribution in [2.75, 3.05) is 13.2 Å². The number of pyridine rings is 1. The third kappa shape index (κ3) is 6.27. The Morgan fingerprint density at radius 2 is 1.75 bits per heavy atom. The highest BCUT2D eigenvalue weighted by Crippen LogP contribution is 2.44. The van der Waals surface area contributed by atoms with E-state index in [9.17, 15) is 13.2 Å². The maximum Gasteiger partial charge on any atom is 0.275 e. The van der Waals surface area contributed by atoms with E-state index in [1.165, 1.54) is 10.8 Å². The smallest absolute Gasteiger partial charge is 0.275 e. The molecule has 0 radical (unpaired) electrons. The molecule has 0 spiro atoms. The van der Waals surface area contributed by atoms with E-state index >= 15 is 0 Å². The van der Waals surface area contributed by atoms with Crippen molar-refractivity contribution in [3.05, 3.63) is 124 Å². The van der Waals surface area contributed by atoms with Crippen molar-refractivity contribution >= 4 is 43.4 Å². The first kappa shape index (κ1) is 33.7.